The van der Waals surface area contributed by atoms with E-state index in [1.807, 2.05) is 30.3 Å². The van der Waals surface area contributed by atoms with Crippen molar-refractivity contribution in [3.63, 3.8) is 0 Å². The Bertz CT molecular complexity index is 1040. The molecule has 0 saturated heterocycles. The van der Waals surface area contributed by atoms with Crippen LogP contribution in [0.4, 0.5) is 0 Å². The summed E-state index contributed by atoms with van der Waals surface area (Å²) < 4.78 is 6.72. The van der Waals surface area contributed by atoms with E-state index in [4.69, 9.17) is 4.74 Å². The molecule has 148 valence electrons. The zero-order valence-corrected chi connectivity index (χ0v) is 16.0. The van der Waals surface area contributed by atoms with Crippen LogP contribution in [0.1, 0.15) is 17.3 Å². The van der Waals surface area contributed by atoms with Crippen LogP contribution >= 0.6 is 0 Å². The van der Waals surface area contributed by atoms with E-state index in [0.717, 1.165) is 5.56 Å². The fraction of sp³-hybridized carbons (Fsp3) is 0.182. The summed E-state index contributed by atoms with van der Waals surface area (Å²) in [7, 11) is 0. The third-order valence-corrected chi connectivity index (χ3v) is 4.21. The van der Waals surface area contributed by atoms with Crippen molar-refractivity contribution in [2.24, 2.45) is 0 Å². The Labute approximate surface area is 168 Å². The van der Waals surface area contributed by atoms with Crippen molar-refractivity contribution in [1.82, 2.24) is 15.1 Å². The molecule has 0 aliphatic rings. The van der Waals surface area contributed by atoms with Crippen molar-refractivity contribution >= 4 is 11.7 Å². The highest BCUT2D eigenvalue weighted by Crippen LogP contribution is 2.14. The molecule has 0 bridgehead atoms. The highest BCUT2D eigenvalue weighted by Gasteiger charge is 2.06. The highest BCUT2D eigenvalue weighted by molar-refractivity contribution is 5.94. The third kappa shape index (κ3) is 5.62. The molecular weight excluding hydrogens is 370 g/mol. The molecule has 1 heterocycles. The van der Waals surface area contributed by atoms with Gasteiger partial charge >= 0.3 is 0 Å². The van der Waals surface area contributed by atoms with Crippen LogP contribution in [0.5, 0.6) is 5.75 Å². The number of ketones is 1. The molecule has 7 nitrogen and oxygen atoms in total. The second-order valence-electron chi connectivity index (χ2n) is 6.37. The van der Waals surface area contributed by atoms with Gasteiger partial charge in [0.1, 0.15) is 5.75 Å². The van der Waals surface area contributed by atoms with Gasteiger partial charge in [-0.1, -0.05) is 30.3 Å². The number of carbonyl (C=O) groups excluding carboxylic acids is 2. The van der Waals surface area contributed by atoms with Crippen LogP contribution in [0.25, 0.3) is 11.3 Å². The molecule has 0 saturated carbocycles. The van der Waals surface area contributed by atoms with Crippen molar-refractivity contribution in [3.8, 4) is 17.0 Å². The van der Waals surface area contributed by atoms with Crippen LogP contribution in [0.15, 0.2) is 71.5 Å². The molecule has 29 heavy (non-hydrogen) atoms. The van der Waals surface area contributed by atoms with E-state index < -0.39 is 0 Å². The van der Waals surface area contributed by atoms with E-state index in [1.54, 1.807) is 30.3 Å². The van der Waals surface area contributed by atoms with Gasteiger partial charge in [0.2, 0.25) is 0 Å². The van der Waals surface area contributed by atoms with E-state index in [1.165, 1.54) is 17.7 Å². The van der Waals surface area contributed by atoms with Gasteiger partial charge in [0.25, 0.3) is 11.5 Å². The summed E-state index contributed by atoms with van der Waals surface area (Å²) in [6.45, 7) is 1.82. The summed E-state index contributed by atoms with van der Waals surface area (Å²) in [5.41, 5.74) is 1.95. The van der Waals surface area contributed by atoms with Gasteiger partial charge in [0.05, 0.1) is 12.2 Å². The smallest absolute Gasteiger partial charge is 0.266 e. The number of aromatic nitrogens is 2. The van der Waals surface area contributed by atoms with E-state index in [-0.39, 0.29) is 36.9 Å². The fourth-order valence-electron chi connectivity index (χ4n) is 2.66. The standard InChI is InChI=1S/C22H21N3O4/c1-16(26)17-7-9-19(10-8-17)29-15-21(27)23-13-14-25-22(28)12-11-20(24-25)18-5-3-2-4-6-18/h2-12H,13-15H2,1H3,(H,23,27). The van der Waals surface area contributed by atoms with Crippen molar-refractivity contribution in [3.05, 3.63) is 82.6 Å². The number of Topliss-reactive ketones (excluding diaryl/α,β-unsaturated/α-hetero) is 1. The topological polar surface area (TPSA) is 90.3 Å². The largest absolute Gasteiger partial charge is 0.484 e. The molecule has 7 heteroatoms. The molecule has 1 N–H and O–H groups in total. The molecule has 2 aromatic carbocycles. The van der Waals surface area contributed by atoms with Crippen molar-refractivity contribution in [1.29, 1.82) is 0 Å². The maximum atomic E-state index is 12.0. The summed E-state index contributed by atoms with van der Waals surface area (Å²) >= 11 is 0. The van der Waals surface area contributed by atoms with E-state index in [9.17, 15) is 14.4 Å². The molecule has 0 aliphatic carbocycles. The van der Waals surface area contributed by atoms with Crippen LogP contribution in [-0.2, 0) is 11.3 Å². The predicted octanol–water partition coefficient (Wildman–Crippen LogP) is 2.31. The van der Waals surface area contributed by atoms with Crippen LogP contribution in [0.2, 0.25) is 0 Å². The minimum atomic E-state index is -0.312. The Hall–Kier alpha value is -3.74. The second kappa shape index (κ2) is 9.45. The van der Waals surface area contributed by atoms with Crippen molar-refractivity contribution in [2.75, 3.05) is 13.2 Å². The molecule has 1 amide bonds. The number of nitrogens with zero attached hydrogens (tertiary/aromatic N) is 2. The number of benzene rings is 2. The molecule has 0 unspecified atom stereocenters. The lowest BCUT2D eigenvalue weighted by atomic mass is 10.1. The summed E-state index contributed by atoms with van der Waals surface area (Å²) in [5.74, 6) is 0.154. The number of amides is 1. The van der Waals surface area contributed by atoms with Crippen molar-refractivity contribution in [2.45, 2.75) is 13.5 Å². The zero-order valence-electron chi connectivity index (χ0n) is 16.0. The van der Waals surface area contributed by atoms with E-state index in [0.29, 0.717) is 17.0 Å². The maximum Gasteiger partial charge on any atom is 0.266 e. The number of hydrogen-bond acceptors (Lipinski definition) is 5. The normalized spacial score (nSPS) is 10.4. The molecule has 1 aromatic heterocycles. The Morgan fingerprint density at radius 2 is 1.72 bits per heavy atom. The fourth-order valence-corrected chi connectivity index (χ4v) is 2.66. The van der Waals surface area contributed by atoms with Gasteiger partial charge in [-0.05, 0) is 37.3 Å². The summed E-state index contributed by atoms with van der Waals surface area (Å²) in [5, 5.41) is 7.05. The molecular formula is C22H21N3O4. The Kier molecular flexibility index (Phi) is 6.52. The van der Waals surface area contributed by atoms with Gasteiger partial charge in [0.15, 0.2) is 12.4 Å². The number of ether oxygens (including phenoxy) is 1. The van der Waals surface area contributed by atoms with Gasteiger partial charge in [-0.25, -0.2) is 4.68 Å². The van der Waals surface area contributed by atoms with Crippen molar-refractivity contribution < 1.29 is 14.3 Å². The molecule has 3 aromatic rings. The van der Waals surface area contributed by atoms with Gasteiger partial charge in [-0.3, -0.25) is 14.4 Å². The summed E-state index contributed by atoms with van der Waals surface area (Å²) in [6.07, 6.45) is 0. The SMILES string of the molecule is CC(=O)c1ccc(OCC(=O)NCCn2nc(-c3ccccc3)ccc2=O)cc1. The van der Waals surface area contributed by atoms with Gasteiger partial charge in [0, 0.05) is 23.7 Å². The maximum absolute atomic E-state index is 12.0. The number of carbonyl (C=O) groups is 2. The summed E-state index contributed by atoms with van der Waals surface area (Å²) in [4.78, 5) is 35.2. The van der Waals surface area contributed by atoms with Gasteiger partial charge in [-0.15, -0.1) is 0 Å². The molecule has 0 atom stereocenters. The molecule has 3 rings (SSSR count). The van der Waals surface area contributed by atoms with E-state index in [2.05, 4.69) is 10.4 Å². The highest BCUT2D eigenvalue weighted by atomic mass is 16.5. The average molecular weight is 391 g/mol. The zero-order chi connectivity index (χ0) is 20.6. The number of nitrogens with one attached hydrogen (secondary N) is 1. The minimum Gasteiger partial charge on any atom is -0.484 e. The Morgan fingerprint density at radius 1 is 1.00 bits per heavy atom. The monoisotopic (exact) mass is 391 g/mol. The van der Waals surface area contributed by atoms with Gasteiger partial charge < -0.3 is 10.1 Å². The predicted molar refractivity (Wildman–Crippen MR) is 109 cm³/mol. The first-order chi connectivity index (χ1) is 14.0. The molecule has 0 radical (unpaired) electrons. The first-order valence-electron chi connectivity index (χ1n) is 9.17. The van der Waals surface area contributed by atoms with E-state index >= 15 is 0 Å². The number of rotatable bonds is 8. The first-order valence-corrected chi connectivity index (χ1v) is 9.17. The lowest BCUT2D eigenvalue weighted by molar-refractivity contribution is -0.123. The van der Waals surface area contributed by atoms with Crippen LogP contribution in [-0.4, -0.2) is 34.6 Å². The second-order valence-corrected chi connectivity index (χ2v) is 6.37. The summed E-state index contributed by atoms with van der Waals surface area (Å²) in [6, 6.07) is 19.3. The quantitative estimate of drug-likeness (QED) is 0.595. The van der Waals surface area contributed by atoms with Crippen LogP contribution in [0.3, 0.4) is 0 Å². The lowest BCUT2D eigenvalue weighted by Gasteiger charge is -2.09. The third-order valence-electron chi connectivity index (χ3n) is 4.21. The average Bonchev–Trinajstić information content (AvgIpc) is 2.74. The van der Waals surface area contributed by atoms with Gasteiger partial charge in [-0.2, -0.15) is 5.10 Å². The Balaban J connectivity index is 1.50. The molecule has 0 aliphatic heterocycles. The molecule has 0 fully saturated rings. The minimum absolute atomic E-state index is 0.0329. The van der Waals surface area contributed by atoms with Crippen LogP contribution < -0.4 is 15.6 Å². The Morgan fingerprint density at radius 3 is 2.41 bits per heavy atom. The lowest BCUT2D eigenvalue weighted by Crippen LogP contribution is -2.34. The number of hydrogen-bond donors (Lipinski definition) is 1. The van der Waals surface area contributed by atoms with Crippen LogP contribution in [0, 0.1) is 0 Å². The first kappa shape index (κ1) is 20.0. The molecule has 0 spiro atoms.